The minimum Gasteiger partial charge on any atom is -0.468 e. The van der Waals surface area contributed by atoms with Gasteiger partial charge in [-0.25, -0.2) is 13.1 Å². The Kier molecular flexibility index (Phi) is 5.41. The van der Waals surface area contributed by atoms with Crippen LogP contribution in [-0.2, 0) is 16.6 Å². The Balaban J connectivity index is 1.81. The van der Waals surface area contributed by atoms with E-state index in [0.29, 0.717) is 11.4 Å². The van der Waals surface area contributed by atoms with Crippen LogP contribution in [0.25, 0.3) is 0 Å². The molecule has 8 heteroatoms. The van der Waals surface area contributed by atoms with E-state index in [4.69, 9.17) is 16.0 Å². The van der Waals surface area contributed by atoms with Crippen LogP contribution in [0.15, 0.2) is 76.2 Å². The van der Waals surface area contributed by atoms with Crippen LogP contribution in [-0.4, -0.2) is 14.3 Å². The van der Waals surface area contributed by atoms with Gasteiger partial charge in [-0.15, -0.1) is 0 Å². The van der Waals surface area contributed by atoms with Crippen molar-refractivity contribution in [3.63, 3.8) is 0 Å². The van der Waals surface area contributed by atoms with Crippen LogP contribution < -0.4 is 10.0 Å². The molecule has 3 rings (SSSR count). The molecule has 2 N–H and O–H groups in total. The molecular weight excluding hydrogens is 376 g/mol. The Bertz CT molecular complexity index is 1000. The summed E-state index contributed by atoms with van der Waals surface area (Å²) in [7, 11) is -3.83. The first kappa shape index (κ1) is 18.2. The highest BCUT2D eigenvalue weighted by atomic mass is 35.5. The predicted molar refractivity (Wildman–Crippen MR) is 98.6 cm³/mol. The zero-order chi connectivity index (χ0) is 18.6. The fraction of sp³-hybridized carbons (Fsp3) is 0.0556. The Morgan fingerprint density at radius 2 is 1.81 bits per heavy atom. The summed E-state index contributed by atoms with van der Waals surface area (Å²) in [6, 6.07) is 16.1. The molecule has 0 saturated heterocycles. The smallest absolute Gasteiger partial charge is 0.257 e. The topological polar surface area (TPSA) is 88.4 Å². The molecule has 0 unspecified atom stereocenters. The molecule has 0 radical (unpaired) electrons. The van der Waals surface area contributed by atoms with Gasteiger partial charge in [-0.2, -0.15) is 0 Å². The van der Waals surface area contributed by atoms with Crippen molar-refractivity contribution >= 4 is 33.2 Å². The van der Waals surface area contributed by atoms with Gasteiger partial charge in [0.05, 0.1) is 28.3 Å². The number of amides is 1. The van der Waals surface area contributed by atoms with Crippen molar-refractivity contribution in [3.05, 3.63) is 83.3 Å². The fourth-order valence-corrected chi connectivity index (χ4v) is 3.45. The lowest BCUT2D eigenvalue weighted by Gasteiger charge is -2.10. The summed E-state index contributed by atoms with van der Waals surface area (Å²) in [5, 5.41) is 2.83. The molecule has 0 aliphatic rings. The van der Waals surface area contributed by atoms with Gasteiger partial charge in [0.2, 0.25) is 10.0 Å². The molecule has 0 aliphatic heterocycles. The molecule has 2 aromatic carbocycles. The number of halogens is 1. The van der Waals surface area contributed by atoms with Crippen molar-refractivity contribution in [2.45, 2.75) is 11.4 Å². The number of carbonyl (C=O) groups excluding carboxylic acids is 1. The van der Waals surface area contributed by atoms with Crippen LogP contribution in [0.4, 0.5) is 5.69 Å². The summed E-state index contributed by atoms with van der Waals surface area (Å²) in [5.74, 6) is -0.0196. The van der Waals surface area contributed by atoms with E-state index >= 15 is 0 Å². The van der Waals surface area contributed by atoms with Crippen molar-refractivity contribution < 1.29 is 17.6 Å². The molecule has 0 bridgehead atoms. The van der Waals surface area contributed by atoms with Gasteiger partial charge < -0.3 is 9.73 Å². The summed E-state index contributed by atoms with van der Waals surface area (Å²) >= 11 is 6.07. The van der Waals surface area contributed by atoms with Gasteiger partial charge in [0.1, 0.15) is 5.76 Å². The lowest BCUT2D eigenvalue weighted by Crippen LogP contribution is -2.23. The summed E-state index contributed by atoms with van der Waals surface area (Å²) in [6.45, 7) is 0.00348. The lowest BCUT2D eigenvalue weighted by molar-refractivity contribution is 0.102. The van der Waals surface area contributed by atoms with Crippen LogP contribution in [0.3, 0.4) is 0 Å². The molecule has 0 fully saturated rings. The van der Waals surface area contributed by atoms with Crippen LogP contribution in [0, 0.1) is 0 Å². The van der Waals surface area contributed by atoms with Gasteiger partial charge >= 0.3 is 0 Å². The minimum atomic E-state index is -3.83. The second-order valence-electron chi connectivity index (χ2n) is 5.37. The average molecular weight is 391 g/mol. The third-order valence-corrected chi connectivity index (χ3v) is 5.27. The first-order chi connectivity index (χ1) is 12.5. The van der Waals surface area contributed by atoms with Crippen LogP contribution in [0.2, 0.25) is 5.02 Å². The van der Waals surface area contributed by atoms with Gasteiger partial charge in [-0.3, -0.25) is 4.79 Å². The molecular formula is C18H15ClN2O4S. The normalized spacial score (nSPS) is 11.3. The van der Waals surface area contributed by atoms with Gasteiger partial charge in [0.25, 0.3) is 5.91 Å². The highest BCUT2D eigenvalue weighted by Crippen LogP contribution is 2.22. The number of furan rings is 1. The number of para-hydroxylation sites is 1. The predicted octanol–water partition coefficient (Wildman–Crippen LogP) is 3.66. The van der Waals surface area contributed by atoms with Crippen molar-refractivity contribution in [1.82, 2.24) is 4.72 Å². The van der Waals surface area contributed by atoms with E-state index in [1.165, 1.54) is 24.5 Å². The van der Waals surface area contributed by atoms with Gasteiger partial charge in [-0.05, 0) is 42.5 Å². The maximum atomic E-state index is 12.4. The quantitative estimate of drug-likeness (QED) is 0.672. The molecule has 0 aliphatic carbocycles. The summed E-state index contributed by atoms with van der Waals surface area (Å²) < 4.78 is 32.4. The number of anilines is 1. The van der Waals surface area contributed by atoms with E-state index in [2.05, 4.69) is 10.0 Å². The number of hydrogen-bond acceptors (Lipinski definition) is 4. The zero-order valence-corrected chi connectivity index (χ0v) is 15.0. The summed E-state index contributed by atoms with van der Waals surface area (Å²) in [5.41, 5.74) is 0.647. The van der Waals surface area contributed by atoms with E-state index < -0.39 is 15.9 Å². The van der Waals surface area contributed by atoms with Crippen LogP contribution in [0.5, 0.6) is 0 Å². The third-order valence-electron chi connectivity index (χ3n) is 3.54. The molecule has 0 saturated carbocycles. The zero-order valence-electron chi connectivity index (χ0n) is 13.5. The second kappa shape index (κ2) is 7.74. The summed E-state index contributed by atoms with van der Waals surface area (Å²) in [6.07, 6.45) is 1.46. The van der Waals surface area contributed by atoms with E-state index in [1.807, 2.05) is 6.07 Å². The van der Waals surface area contributed by atoms with Crippen molar-refractivity contribution in [2.24, 2.45) is 0 Å². The van der Waals surface area contributed by atoms with E-state index in [1.54, 1.807) is 36.4 Å². The SMILES string of the molecule is O=C(Nc1ccccc1)c1cc(S(=O)(=O)NCc2ccco2)ccc1Cl. The number of sulfonamides is 1. The average Bonchev–Trinajstić information content (AvgIpc) is 3.15. The number of nitrogens with one attached hydrogen (secondary N) is 2. The van der Waals surface area contributed by atoms with E-state index in [-0.39, 0.29) is 22.0 Å². The minimum absolute atomic E-state index is 0.00348. The molecule has 26 heavy (non-hydrogen) atoms. The van der Waals surface area contributed by atoms with E-state index in [0.717, 1.165) is 0 Å². The number of hydrogen-bond donors (Lipinski definition) is 2. The van der Waals surface area contributed by atoms with Gasteiger partial charge in [0.15, 0.2) is 0 Å². The number of benzene rings is 2. The van der Waals surface area contributed by atoms with Gasteiger partial charge in [-0.1, -0.05) is 29.8 Å². The molecule has 3 aromatic rings. The molecule has 0 spiro atoms. The van der Waals surface area contributed by atoms with Crippen LogP contribution in [0.1, 0.15) is 16.1 Å². The highest BCUT2D eigenvalue weighted by Gasteiger charge is 2.19. The standard InChI is InChI=1S/C18H15ClN2O4S/c19-17-9-8-15(26(23,24)20-12-14-7-4-10-25-14)11-16(17)18(22)21-13-5-2-1-3-6-13/h1-11,20H,12H2,(H,21,22). The Hall–Kier alpha value is -2.61. The number of rotatable bonds is 6. The maximum Gasteiger partial charge on any atom is 0.257 e. The summed E-state index contributed by atoms with van der Waals surface area (Å²) in [4.78, 5) is 12.4. The first-order valence-electron chi connectivity index (χ1n) is 7.64. The van der Waals surface area contributed by atoms with Crippen molar-refractivity contribution in [3.8, 4) is 0 Å². The van der Waals surface area contributed by atoms with Crippen molar-refractivity contribution in [2.75, 3.05) is 5.32 Å². The molecule has 1 heterocycles. The second-order valence-corrected chi connectivity index (χ2v) is 7.54. The van der Waals surface area contributed by atoms with Crippen LogP contribution >= 0.6 is 11.6 Å². The first-order valence-corrected chi connectivity index (χ1v) is 9.50. The monoisotopic (exact) mass is 390 g/mol. The molecule has 6 nitrogen and oxygen atoms in total. The molecule has 0 atom stereocenters. The Morgan fingerprint density at radius 3 is 2.50 bits per heavy atom. The lowest BCUT2D eigenvalue weighted by atomic mass is 10.2. The highest BCUT2D eigenvalue weighted by molar-refractivity contribution is 7.89. The van der Waals surface area contributed by atoms with Gasteiger partial charge in [0, 0.05) is 5.69 Å². The largest absolute Gasteiger partial charge is 0.468 e. The molecule has 1 amide bonds. The molecule has 1 aromatic heterocycles. The third kappa shape index (κ3) is 4.32. The molecule has 134 valence electrons. The fourth-order valence-electron chi connectivity index (χ4n) is 2.23. The Labute approximate surface area is 155 Å². The number of carbonyl (C=O) groups is 1. The van der Waals surface area contributed by atoms with E-state index in [9.17, 15) is 13.2 Å². The maximum absolute atomic E-state index is 12.4. The van der Waals surface area contributed by atoms with Crippen molar-refractivity contribution in [1.29, 1.82) is 0 Å². The Morgan fingerprint density at radius 1 is 1.04 bits per heavy atom.